The smallest absolute Gasteiger partial charge is 0.448 e. The van der Waals surface area contributed by atoms with Crippen LogP contribution in [-0.4, -0.2) is 50.1 Å². The maximum absolute atomic E-state index is 12.7. The number of alkyl carbamates (subject to hydrolysis) is 1. The van der Waals surface area contributed by atoms with Crippen molar-refractivity contribution < 1.29 is 18.8 Å². The second-order valence-corrected chi connectivity index (χ2v) is 11.2. The molecule has 2 saturated heterocycles. The van der Waals surface area contributed by atoms with Crippen molar-refractivity contribution in [2.75, 3.05) is 13.2 Å². The molecule has 32 heavy (non-hydrogen) atoms. The van der Waals surface area contributed by atoms with Crippen LogP contribution in [-0.2, 0) is 20.5 Å². The van der Waals surface area contributed by atoms with E-state index in [1.165, 1.54) is 12.0 Å². The normalized spacial score (nSPS) is 35.7. The lowest BCUT2D eigenvalue weighted by Crippen LogP contribution is -2.65. The number of carbonyl (C=O) groups excluding carboxylic acids is 1. The number of carbonyl (C=O) groups is 1. The van der Waals surface area contributed by atoms with Gasteiger partial charge in [0.05, 0.1) is 17.6 Å². The van der Waals surface area contributed by atoms with Crippen LogP contribution in [0.4, 0.5) is 4.79 Å². The summed E-state index contributed by atoms with van der Waals surface area (Å²) in [6.07, 6.45) is 4.76. The van der Waals surface area contributed by atoms with Crippen LogP contribution in [0.2, 0.25) is 0 Å². The van der Waals surface area contributed by atoms with Gasteiger partial charge in [0.2, 0.25) is 0 Å². The van der Waals surface area contributed by atoms with Gasteiger partial charge in [-0.25, -0.2) is 4.79 Å². The Balaban J connectivity index is 1.29. The van der Waals surface area contributed by atoms with Gasteiger partial charge in [0.15, 0.2) is 0 Å². The molecule has 6 rings (SSSR count). The molecule has 6 nitrogen and oxygen atoms in total. The Hall–Kier alpha value is -1.57. The van der Waals surface area contributed by atoms with Gasteiger partial charge in [0, 0.05) is 6.04 Å². The molecule has 174 valence electrons. The quantitative estimate of drug-likeness (QED) is 0.661. The molecule has 0 spiro atoms. The van der Waals surface area contributed by atoms with Crippen LogP contribution in [0, 0.1) is 24.2 Å². The number of amides is 1. The first kappa shape index (κ1) is 22.2. The topological polar surface area (TPSA) is 68.8 Å². The Morgan fingerprint density at radius 2 is 2.06 bits per heavy atom. The fraction of sp³-hybridized carbons (Fsp3) is 0.720. The largest absolute Gasteiger partial charge is 0.482 e. The van der Waals surface area contributed by atoms with E-state index in [1.807, 2.05) is 0 Å². The molecule has 5 fully saturated rings. The summed E-state index contributed by atoms with van der Waals surface area (Å²) >= 11 is 0. The molecule has 1 aromatic rings. The van der Waals surface area contributed by atoms with E-state index in [-0.39, 0.29) is 29.1 Å². The van der Waals surface area contributed by atoms with Crippen LogP contribution in [0.1, 0.15) is 57.6 Å². The van der Waals surface area contributed by atoms with Crippen LogP contribution in [0.25, 0.3) is 0 Å². The van der Waals surface area contributed by atoms with E-state index >= 15 is 0 Å². The van der Waals surface area contributed by atoms with Gasteiger partial charge in [-0.15, -0.1) is 0 Å². The SMILES string of the molecule is Cc1ccc(CC(NC(=O)OC[C@H]2CCCN2)B2O[C@@H]3C[C@@H]4C[C@@H](C4(C)C)[C@]3(C)O2)cc1. The third-order valence-electron chi connectivity index (χ3n) is 8.75. The fourth-order valence-electron chi connectivity index (χ4n) is 6.53. The van der Waals surface area contributed by atoms with E-state index in [1.54, 1.807) is 0 Å². The van der Waals surface area contributed by atoms with Crippen molar-refractivity contribution in [3.8, 4) is 0 Å². The third-order valence-corrected chi connectivity index (χ3v) is 8.75. The molecule has 1 amide bonds. The first-order valence-corrected chi connectivity index (χ1v) is 12.3. The van der Waals surface area contributed by atoms with Crippen molar-refractivity contribution in [1.82, 2.24) is 10.6 Å². The summed E-state index contributed by atoms with van der Waals surface area (Å²) in [7, 11) is -0.474. The summed E-state index contributed by atoms with van der Waals surface area (Å²) in [5.74, 6) is 0.883. The molecular weight excluding hydrogens is 403 g/mol. The van der Waals surface area contributed by atoms with E-state index in [0.29, 0.717) is 24.9 Å². The minimum atomic E-state index is -0.474. The van der Waals surface area contributed by atoms with Gasteiger partial charge in [0.1, 0.15) is 6.61 Å². The van der Waals surface area contributed by atoms with Crippen molar-refractivity contribution >= 4 is 13.2 Å². The van der Waals surface area contributed by atoms with Crippen molar-refractivity contribution in [3.05, 3.63) is 35.4 Å². The predicted octanol–water partition coefficient (Wildman–Crippen LogP) is 3.65. The Bertz CT molecular complexity index is 841. The zero-order chi connectivity index (χ0) is 22.5. The Kier molecular flexibility index (Phi) is 5.79. The predicted molar refractivity (Wildman–Crippen MR) is 124 cm³/mol. The summed E-state index contributed by atoms with van der Waals surface area (Å²) in [4.78, 5) is 12.7. The minimum Gasteiger partial charge on any atom is -0.448 e. The van der Waals surface area contributed by atoms with E-state index < -0.39 is 13.2 Å². The molecule has 2 bridgehead atoms. The number of aryl methyl sites for hydroxylation is 1. The van der Waals surface area contributed by atoms with Crippen molar-refractivity contribution in [2.24, 2.45) is 17.3 Å². The first-order chi connectivity index (χ1) is 15.3. The van der Waals surface area contributed by atoms with Gasteiger partial charge in [-0.1, -0.05) is 43.7 Å². The zero-order valence-corrected chi connectivity index (χ0v) is 19.9. The molecule has 0 aromatic heterocycles. The molecule has 6 atom stereocenters. The fourth-order valence-corrected chi connectivity index (χ4v) is 6.53. The maximum Gasteiger partial charge on any atom is 0.482 e. The second kappa shape index (κ2) is 8.34. The van der Waals surface area contributed by atoms with Crippen LogP contribution in [0.5, 0.6) is 0 Å². The molecule has 5 aliphatic rings. The molecule has 1 unspecified atom stereocenters. The molecule has 1 aromatic carbocycles. The monoisotopic (exact) mass is 440 g/mol. The number of hydrogen-bond donors (Lipinski definition) is 2. The summed E-state index contributed by atoms with van der Waals surface area (Å²) in [6.45, 7) is 10.4. The van der Waals surface area contributed by atoms with Crippen LogP contribution < -0.4 is 10.6 Å². The van der Waals surface area contributed by atoms with Gasteiger partial charge in [-0.3, -0.25) is 0 Å². The van der Waals surface area contributed by atoms with Crippen molar-refractivity contribution in [1.29, 1.82) is 0 Å². The third kappa shape index (κ3) is 3.97. The number of benzene rings is 1. The number of nitrogens with one attached hydrogen (secondary N) is 2. The van der Waals surface area contributed by atoms with Gasteiger partial charge >= 0.3 is 13.2 Å². The highest BCUT2D eigenvalue weighted by molar-refractivity contribution is 6.47. The molecule has 3 saturated carbocycles. The van der Waals surface area contributed by atoms with E-state index in [9.17, 15) is 4.79 Å². The number of ether oxygens (including phenoxy) is 1. The molecule has 0 radical (unpaired) electrons. The highest BCUT2D eigenvalue weighted by Gasteiger charge is 2.68. The molecule has 2 heterocycles. The van der Waals surface area contributed by atoms with E-state index in [4.69, 9.17) is 14.0 Å². The molecule has 7 heteroatoms. The summed E-state index contributed by atoms with van der Waals surface area (Å²) < 4.78 is 18.7. The first-order valence-electron chi connectivity index (χ1n) is 12.3. The lowest BCUT2D eigenvalue weighted by Gasteiger charge is -2.64. The highest BCUT2D eigenvalue weighted by Crippen LogP contribution is 2.65. The molecule has 3 aliphatic carbocycles. The lowest BCUT2D eigenvalue weighted by atomic mass is 9.43. The van der Waals surface area contributed by atoms with Crippen LogP contribution >= 0.6 is 0 Å². The Morgan fingerprint density at radius 1 is 1.28 bits per heavy atom. The lowest BCUT2D eigenvalue weighted by molar-refractivity contribution is -0.199. The number of hydrogen-bond acceptors (Lipinski definition) is 5. The van der Waals surface area contributed by atoms with Crippen molar-refractivity contribution in [2.45, 2.75) is 83.5 Å². The average Bonchev–Trinajstić information content (AvgIpc) is 3.39. The Morgan fingerprint density at radius 3 is 2.75 bits per heavy atom. The van der Waals surface area contributed by atoms with Gasteiger partial charge in [-0.05, 0) is 75.3 Å². The Labute approximate surface area is 192 Å². The minimum absolute atomic E-state index is 0.0882. The summed E-state index contributed by atoms with van der Waals surface area (Å²) in [5, 5.41) is 6.45. The van der Waals surface area contributed by atoms with Gasteiger partial charge < -0.3 is 24.7 Å². The van der Waals surface area contributed by atoms with Crippen LogP contribution in [0.3, 0.4) is 0 Å². The highest BCUT2D eigenvalue weighted by atomic mass is 16.7. The van der Waals surface area contributed by atoms with Gasteiger partial charge in [0.25, 0.3) is 0 Å². The van der Waals surface area contributed by atoms with Crippen LogP contribution in [0.15, 0.2) is 24.3 Å². The number of rotatable bonds is 6. The van der Waals surface area contributed by atoms with Gasteiger partial charge in [-0.2, -0.15) is 0 Å². The van der Waals surface area contributed by atoms with Crippen molar-refractivity contribution in [3.63, 3.8) is 0 Å². The summed E-state index contributed by atoms with van der Waals surface area (Å²) in [5.41, 5.74) is 2.36. The summed E-state index contributed by atoms with van der Waals surface area (Å²) in [6, 6.07) is 8.69. The van der Waals surface area contributed by atoms with E-state index in [2.05, 4.69) is 62.6 Å². The molecule has 2 aliphatic heterocycles. The average molecular weight is 440 g/mol. The zero-order valence-electron chi connectivity index (χ0n) is 19.9. The second-order valence-electron chi connectivity index (χ2n) is 11.2. The standard InChI is InChI=1S/C25H37BN2O4/c1-16-7-9-17(10-8-16)12-22(28-23(29)30-15-19-6-5-11-27-19)26-31-21-14-18-13-20(24(18,2)3)25(21,4)32-26/h7-10,18-22,27H,5-6,11-15H2,1-4H3,(H,28,29)/t18-,19+,20-,21+,22?,25-/m0/s1. The molecular formula is C25H37BN2O4. The molecule has 2 N–H and O–H groups in total. The van der Waals surface area contributed by atoms with E-state index in [0.717, 1.165) is 31.4 Å². The maximum atomic E-state index is 12.7.